The van der Waals surface area contributed by atoms with Gasteiger partial charge in [-0.05, 0) is 65.3 Å². The van der Waals surface area contributed by atoms with Crippen LogP contribution >= 0.6 is 22.6 Å². The zero-order chi connectivity index (χ0) is 14.5. The van der Waals surface area contributed by atoms with E-state index < -0.39 is 0 Å². The summed E-state index contributed by atoms with van der Waals surface area (Å²) in [5.74, 6) is -0.112. The van der Waals surface area contributed by atoms with Gasteiger partial charge in [0, 0.05) is 15.6 Å². The Balaban J connectivity index is 1.87. The topological polar surface area (TPSA) is 57.5 Å². The van der Waals surface area contributed by atoms with Crippen LogP contribution in [0.25, 0.3) is 0 Å². The van der Waals surface area contributed by atoms with Gasteiger partial charge in [0.15, 0.2) is 17.3 Å². The van der Waals surface area contributed by atoms with E-state index in [4.69, 9.17) is 0 Å². The molecule has 0 aliphatic carbocycles. The zero-order valence-corrected chi connectivity index (χ0v) is 13.0. The highest BCUT2D eigenvalue weighted by molar-refractivity contribution is 14.1. The number of carbonyl (C=O) groups excluding carboxylic acids is 1. The maximum Gasteiger partial charge on any atom is 0.162 e. The summed E-state index contributed by atoms with van der Waals surface area (Å²) < 4.78 is 1.11. The Morgan fingerprint density at radius 1 is 1.00 bits per heavy atom. The summed E-state index contributed by atoms with van der Waals surface area (Å²) in [6.07, 6.45) is 1.89. The monoisotopic (exact) mass is 382 g/mol. The van der Waals surface area contributed by atoms with Crippen LogP contribution in [0, 0.1) is 3.57 Å². The molecule has 0 aliphatic heterocycles. The molecule has 0 saturated carbocycles. The van der Waals surface area contributed by atoms with Gasteiger partial charge in [-0.25, -0.2) is 0 Å². The third-order valence-electron chi connectivity index (χ3n) is 3.08. The van der Waals surface area contributed by atoms with Crippen molar-refractivity contribution in [3.63, 3.8) is 0 Å². The first-order valence-electron chi connectivity index (χ1n) is 6.36. The standard InChI is InChI=1S/C16H15IO3/c17-13-7-5-12(6-8-13)14(18)3-1-2-11-4-9-15(19)16(20)10-11/h4-10,19-20H,1-3H2. The average Bonchev–Trinajstić information content (AvgIpc) is 2.43. The summed E-state index contributed by atoms with van der Waals surface area (Å²) in [5, 5.41) is 18.6. The Kier molecular flexibility index (Phi) is 5.00. The number of rotatable bonds is 5. The molecular weight excluding hydrogens is 367 g/mol. The highest BCUT2D eigenvalue weighted by Crippen LogP contribution is 2.25. The van der Waals surface area contributed by atoms with Crippen LogP contribution in [0.1, 0.15) is 28.8 Å². The van der Waals surface area contributed by atoms with Crippen molar-refractivity contribution in [3.8, 4) is 11.5 Å². The lowest BCUT2D eigenvalue weighted by atomic mass is 10.0. The van der Waals surface area contributed by atoms with Crippen LogP contribution in [0.3, 0.4) is 0 Å². The van der Waals surface area contributed by atoms with Crippen LogP contribution in [-0.4, -0.2) is 16.0 Å². The largest absolute Gasteiger partial charge is 0.504 e. The van der Waals surface area contributed by atoms with Crippen molar-refractivity contribution in [3.05, 3.63) is 57.2 Å². The molecule has 104 valence electrons. The molecule has 0 radical (unpaired) electrons. The summed E-state index contributed by atoms with van der Waals surface area (Å²) in [6.45, 7) is 0. The van der Waals surface area contributed by atoms with E-state index >= 15 is 0 Å². The molecule has 3 nitrogen and oxygen atoms in total. The van der Waals surface area contributed by atoms with Gasteiger partial charge in [0.05, 0.1) is 0 Å². The van der Waals surface area contributed by atoms with Gasteiger partial charge >= 0.3 is 0 Å². The van der Waals surface area contributed by atoms with Crippen molar-refractivity contribution in [2.75, 3.05) is 0 Å². The molecule has 0 heterocycles. The molecule has 2 N–H and O–H groups in total. The number of benzene rings is 2. The third-order valence-corrected chi connectivity index (χ3v) is 3.79. The highest BCUT2D eigenvalue weighted by Gasteiger charge is 2.06. The fourth-order valence-corrected chi connectivity index (χ4v) is 2.32. The summed E-state index contributed by atoms with van der Waals surface area (Å²) in [5.41, 5.74) is 1.65. The lowest BCUT2D eigenvalue weighted by molar-refractivity contribution is 0.0980. The Bertz CT molecular complexity index is 606. The molecule has 2 rings (SSSR count). The quantitative estimate of drug-likeness (QED) is 0.469. The van der Waals surface area contributed by atoms with E-state index in [1.54, 1.807) is 6.07 Å². The van der Waals surface area contributed by atoms with E-state index in [0.717, 1.165) is 21.1 Å². The van der Waals surface area contributed by atoms with E-state index in [0.29, 0.717) is 12.8 Å². The van der Waals surface area contributed by atoms with Crippen molar-refractivity contribution in [1.29, 1.82) is 0 Å². The fraction of sp³-hybridized carbons (Fsp3) is 0.188. The lowest BCUT2D eigenvalue weighted by Gasteiger charge is -2.04. The van der Waals surface area contributed by atoms with Gasteiger partial charge in [0.25, 0.3) is 0 Å². The SMILES string of the molecule is O=C(CCCc1ccc(O)c(O)c1)c1ccc(I)cc1. The molecular formula is C16H15IO3. The molecule has 0 fully saturated rings. The molecule has 0 bridgehead atoms. The number of hydrogen-bond donors (Lipinski definition) is 2. The third kappa shape index (κ3) is 3.96. The van der Waals surface area contributed by atoms with Crippen LogP contribution in [0.2, 0.25) is 0 Å². The van der Waals surface area contributed by atoms with Crippen molar-refractivity contribution in [1.82, 2.24) is 0 Å². The number of Topliss-reactive ketones (excluding diaryl/α,β-unsaturated/α-hetero) is 1. The molecule has 4 heteroatoms. The van der Waals surface area contributed by atoms with Gasteiger partial charge < -0.3 is 10.2 Å². The molecule has 0 spiro atoms. The molecule has 0 aliphatic rings. The second kappa shape index (κ2) is 6.74. The number of phenolic OH excluding ortho intramolecular Hbond substituents is 2. The van der Waals surface area contributed by atoms with Gasteiger partial charge in [-0.1, -0.05) is 18.2 Å². The van der Waals surface area contributed by atoms with Crippen LogP contribution in [-0.2, 0) is 6.42 Å². The number of aromatic hydroxyl groups is 2. The Hall–Kier alpha value is -1.56. The summed E-state index contributed by atoms with van der Waals surface area (Å²) in [6, 6.07) is 12.3. The maximum absolute atomic E-state index is 12.0. The van der Waals surface area contributed by atoms with E-state index in [1.807, 2.05) is 24.3 Å². The van der Waals surface area contributed by atoms with Crippen LogP contribution in [0.4, 0.5) is 0 Å². The molecule has 0 unspecified atom stereocenters. The van der Waals surface area contributed by atoms with Crippen LogP contribution in [0.15, 0.2) is 42.5 Å². The van der Waals surface area contributed by atoms with Gasteiger partial charge in [-0.2, -0.15) is 0 Å². The Morgan fingerprint density at radius 2 is 1.70 bits per heavy atom. The first kappa shape index (κ1) is 14.8. The predicted octanol–water partition coefficient (Wildman–Crippen LogP) is 3.91. The number of ketones is 1. The van der Waals surface area contributed by atoms with E-state index in [2.05, 4.69) is 22.6 Å². The van der Waals surface area contributed by atoms with Gasteiger partial charge in [0.2, 0.25) is 0 Å². The smallest absolute Gasteiger partial charge is 0.162 e. The highest BCUT2D eigenvalue weighted by atomic mass is 127. The first-order valence-corrected chi connectivity index (χ1v) is 7.44. The maximum atomic E-state index is 12.0. The van der Waals surface area contributed by atoms with Crippen molar-refractivity contribution in [2.45, 2.75) is 19.3 Å². The zero-order valence-electron chi connectivity index (χ0n) is 10.8. The lowest BCUT2D eigenvalue weighted by Crippen LogP contribution is -2.00. The van der Waals surface area contributed by atoms with E-state index in [9.17, 15) is 15.0 Å². The molecule has 20 heavy (non-hydrogen) atoms. The van der Waals surface area contributed by atoms with Crippen molar-refractivity contribution >= 4 is 28.4 Å². The van der Waals surface area contributed by atoms with Crippen LogP contribution < -0.4 is 0 Å². The summed E-state index contributed by atoms with van der Waals surface area (Å²) in [7, 11) is 0. The average molecular weight is 382 g/mol. The minimum atomic E-state index is -0.122. The predicted molar refractivity (Wildman–Crippen MR) is 86.2 cm³/mol. The second-order valence-electron chi connectivity index (χ2n) is 4.61. The number of carbonyl (C=O) groups is 1. The number of phenols is 2. The molecule has 2 aromatic carbocycles. The number of aryl methyl sites for hydroxylation is 1. The van der Waals surface area contributed by atoms with Crippen molar-refractivity contribution in [2.24, 2.45) is 0 Å². The van der Waals surface area contributed by atoms with Gasteiger partial charge in [0.1, 0.15) is 0 Å². The molecule has 0 aromatic heterocycles. The van der Waals surface area contributed by atoms with Gasteiger partial charge in [-0.3, -0.25) is 4.79 Å². The minimum absolute atomic E-state index is 0.119. The minimum Gasteiger partial charge on any atom is -0.504 e. The van der Waals surface area contributed by atoms with Crippen LogP contribution in [0.5, 0.6) is 11.5 Å². The second-order valence-corrected chi connectivity index (χ2v) is 5.85. The molecule has 2 aromatic rings. The molecule has 0 atom stereocenters. The summed E-state index contributed by atoms with van der Waals surface area (Å²) in [4.78, 5) is 12.0. The summed E-state index contributed by atoms with van der Waals surface area (Å²) >= 11 is 2.21. The molecule has 0 amide bonds. The number of halogens is 1. The Morgan fingerprint density at radius 3 is 2.35 bits per heavy atom. The first-order chi connectivity index (χ1) is 9.56. The van der Waals surface area contributed by atoms with E-state index in [-0.39, 0.29) is 17.3 Å². The molecule has 0 saturated heterocycles. The number of hydrogen-bond acceptors (Lipinski definition) is 3. The fourth-order valence-electron chi connectivity index (χ4n) is 1.96. The normalized spacial score (nSPS) is 10.4. The Labute approximate surface area is 131 Å². The van der Waals surface area contributed by atoms with Gasteiger partial charge in [-0.15, -0.1) is 0 Å². The van der Waals surface area contributed by atoms with E-state index in [1.165, 1.54) is 12.1 Å². The van der Waals surface area contributed by atoms with Crippen molar-refractivity contribution < 1.29 is 15.0 Å².